The molecular weight excluding hydrogens is 472 g/mol. The Balaban J connectivity index is 1.62. The quantitative estimate of drug-likeness (QED) is 0.269. The van der Waals surface area contributed by atoms with E-state index in [4.69, 9.17) is 11.5 Å². The molecule has 6 nitrogen and oxygen atoms in total. The molecule has 0 aliphatic rings. The number of ketones is 1. The lowest BCUT2D eigenvalue weighted by atomic mass is 9.96. The number of Topliss-reactive ketones (excluding diaryl/α,β-unsaturated/α-hetero) is 1. The standard InChI is InChI=1S/C32H42N4O2/c1-36(2,23-21-33)22-9-14-29(34)32(38)35-30(20-17-25-10-5-3-6-11-25)31(37)24-26-15-18-28(19-16-26)27-12-7-4-8-13-27/h3-8,10-13,15-16,18-19,29-30H,9,14,17,20-24,33-34H2,1-2H3/p+1/t29-,30+/m0/s1. The highest BCUT2D eigenvalue weighted by Gasteiger charge is 2.24. The normalized spacial score (nSPS) is 13.1. The summed E-state index contributed by atoms with van der Waals surface area (Å²) in [6.45, 7) is 2.40. The van der Waals surface area contributed by atoms with E-state index in [0.29, 0.717) is 25.8 Å². The average Bonchev–Trinajstić information content (AvgIpc) is 2.92. The Bertz CT molecular complexity index is 1130. The molecule has 202 valence electrons. The molecule has 5 N–H and O–H groups in total. The summed E-state index contributed by atoms with van der Waals surface area (Å²) in [5, 5.41) is 2.98. The minimum absolute atomic E-state index is 0.00492. The Morgan fingerprint density at radius 3 is 2.03 bits per heavy atom. The second-order valence-corrected chi connectivity index (χ2v) is 10.7. The van der Waals surface area contributed by atoms with Gasteiger partial charge in [0.1, 0.15) is 0 Å². The zero-order chi connectivity index (χ0) is 27.4. The fourth-order valence-corrected chi connectivity index (χ4v) is 4.65. The highest BCUT2D eigenvalue weighted by atomic mass is 16.2. The van der Waals surface area contributed by atoms with Crippen molar-refractivity contribution in [3.63, 3.8) is 0 Å². The maximum absolute atomic E-state index is 13.4. The third-order valence-corrected chi connectivity index (χ3v) is 7.06. The maximum atomic E-state index is 13.4. The first-order valence-corrected chi connectivity index (χ1v) is 13.6. The summed E-state index contributed by atoms with van der Waals surface area (Å²) in [6.07, 6.45) is 2.87. The number of carbonyl (C=O) groups excluding carboxylic acids is 2. The summed E-state index contributed by atoms with van der Waals surface area (Å²) in [5.74, 6) is -0.269. The lowest BCUT2D eigenvalue weighted by Gasteiger charge is -2.29. The van der Waals surface area contributed by atoms with E-state index >= 15 is 0 Å². The second-order valence-electron chi connectivity index (χ2n) is 10.7. The van der Waals surface area contributed by atoms with Crippen LogP contribution in [0.25, 0.3) is 11.1 Å². The van der Waals surface area contributed by atoms with Crippen molar-refractivity contribution in [1.82, 2.24) is 5.32 Å². The van der Waals surface area contributed by atoms with Crippen molar-refractivity contribution in [3.05, 3.63) is 96.1 Å². The molecule has 38 heavy (non-hydrogen) atoms. The van der Waals surface area contributed by atoms with Crippen molar-refractivity contribution >= 4 is 11.7 Å². The largest absolute Gasteiger partial charge is 0.345 e. The van der Waals surface area contributed by atoms with Gasteiger partial charge in [0.05, 0.1) is 39.3 Å². The van der Waals surface area contributed by atoms with E-state index in [0.717, 1.165) is 46.2 Å². The molecule has 0 spiro atoms. The number of nitrogens with one attached hydrogen (secondary N) is 1. The number of aryl methyl sites for hydroxylation is 1. The van der Waals surface area contributed by atoms with E-state index in [-0.39, 0.29) is 18.1 Å². The summed E-state index contributed by atoms with van der Waals surface area (Å²) >= 11 is 0. The fourth-order valence-electron chi connectivity index (χ4n) is 4.65. The van der Waals surface area contributed by atoms with Gasteiger partial charge in [-0.25, -0.2) is 0 Å². The molecule has 0 aliphatic heterocycles. The Labute approximate surface area is 227 Å². The molecule has 1 amide bonds. The molecule has 3 rings (SSSR count). The molecular formula is C32H43N4O2+. The lowest BCUT2D eigenvalue weighted by molar-refractivity contribution is -0.889. The summed E-state index contributed by atoms with van der Waals surface area (Å²) in [6, 6.07) is 27.0. The Morgan fingerprint density at radius 2 is 1.39 bits per heavy atom. The number of carbonyl (C=O) groups is 2. The fraction of sp³-hybridized carbons (Fsp3) is 0.375. The summed E-state index contributed by atoms with van der Waals surface area (Å²) < 4.78 is 0.798. The van der Waals surface area contributed by atoms with E-state index in [2.05, 4.69) is 31.5 Å². The first-order valence-electron chi connectivity index (χ1n) is 13.6. The molecule has 0 bridgehead atoms. The van der Waals surface area contributed by atoms with Crippen molar-refractivity contribution < 1.29 is 14.1 Å². The first kappa shape index (κ1) is 29.2. The van der Waals surface area contributed by atoms with Crippen LogP contribution < -0.4 is 16.8 Å². The topological polar surface area (TPSA) is 98.2 Å². The molecule has 3 aromatic rings. The SMILES string of the molecule is C[N+](C)(CCN)CCC[C@H](N)C(=O)N[C@H](CCc1ccccc1)C(=O)Cc1ccc(-c2ccccc2)cc1. The van der Waals surface area contributed by atoms with Crippen molar-refractivity contribution in [2.45, 2.75) is 44.2 Å². The molecule has 2 atom stereocenters. The minimum Gasteiger partial charge on any atom is -0.345 e. The van der Waals surface area contributed by atoms with Gasteiger partial charge >= 0.3 is 0 Å². The van der Waals surface area contributed by atoms with E-state index in [1.807, 2.05) is 72.8 Å². The van der Waals surface area contributed by atoms with Gasteiger partial charge in [-0.2, -0.15) is 0 Å². The van der Waals surface area contributed by atoms with Crippen molar-refractivity contribution in [1.29, 1.82) is 0 Å². The number of likely N-dealkylation sites (N-methyl/N-ethyl adjacent to an activating group) is 1. The minimum atomic E-state index is -0.648. The number of hydrogen-bond acceptors (Lipinski definition) is 4. The molecule has 0 radical (unpaired) electrons. The third-order valence-electron chi connectivity index (χ3n) is 7.06. The van der Waals surface area contributed by atoms with Crippen LogP contribution in [0, 0.1) is 0 Å². The first-order chi connectivity index (χ1) is 18.3. The Kier molecular flexibility index (Phi) is 11.2. The van der Waals surface area contributed by atoms with Crippen LogP contribution in [0.3, 0.4) is 0 Å². The molecule has 0 saturated carbocycles. The van der Waals surface area contributed by atoms with Gasteiger partial charge in [-0.1, -0.05) is 84.9 Å². The van der Waals surface area contributed by atoms with E-state index in [9.17, 15) is 9.59 Å². The second kappa shape index (κ2) is 14.6. The third kappa shape index (κ3) is 9.53. The zero-order valence-electron chi connectivity index (χ0n) is 22.8. The van der Waals surface area contributed by atoms with Gasteiger partial charge in [-0.15, -0.1) is 0 Å². The predicted octanol–water partition coefficient (Wildman–Crippen LogP) is 3.73. The average molecular weight is 516 g/mol. The number of amides is 1. The van der Waals surface area contributed by atoms with E-state index in [1.165, 1.54) is 0 Å². The number of benzene rings is 3. The van der Waals surface area contributed by atoms with Crippen LogP contribution in [0.15, 0.2) is 84.9 Å². The van der Waals surface area contributed by atoms with Crippen LogP contribution in [0.2, 0.25) is 0 Å². The summed E-state index contributed by atoms with van der Waals surface area (Å²) in [4.78, 5) is 26.4. The van der Waals surface area contributed by atoms with Crippen LogP contribution in [0.5, 0.6) is 0 Å². The molecule has 0 aliphatic carbocycles. The number of hydrogen-bond donors (Lipinski definition) is 3. The maximum Gasteiger partial charge on any atom is 0.237 e. The predicted molar refractivity (Wildman–Crippen MR) is 155 cm³/mol. The van der Waals surface area contributed by atoms with Gasteiger partial charge in [0.2, 0.25) is 5.91 Å². The molecule has 0 saturated heterocycles. The molecule has 0 aromatic heterocycles. The monoisotopic (exact) mass is 515 g/mol. The van der Waals surface area contributed by atoms with Gasteiger partial charge in [0, 0.05) is 13.0 Å². The Morgan fingerprint density at radius 1 is 0.789 bits per heavy atom. The summed E-state index contributed by atoms with van der Waals surface area (Å²) in [7, 11) is 4.26. The Hall–Kier alpha value is -3.32. The highest BCUT2D eigenvalue weighted by molar-refractivity contribution is 5.92. The van der Waals surface area contributed by atoms with Crippen molar-refractivity contribution in [3.8, 4) is 11.1 Å². The van der Waals surface area contributed by atoms with E-state index in [1.54, 1.807) is 0 Å². The number of rotatable bonds is 15. The van der Waals surface area contributed by atoms with Crippen LogP contribution >= 0.6 is 0 Å². The van der Waals surface area contributed by atoms with Crippen LogP contribution in [0.1, 0.15) is 30.4 Å². The molecule has 0 unspecified atom stereocenters. The summed E-state index contributed by atoms with van der Waals surface area (Å²) in [5.41, 5.74) is 16.3. The zero-order valence-corrected chi connectivity index (χ0v) is 22.8. The molecule has 3 aromatic carbocycles. The van der Waals surface area contributed by atoms with Crippen LogP contribution in [0.4, 0.5) is 0 Å². The molecule has 0 heterocycles. The highest BCUT2D eigenvalue weighted by Crippen LogP contribution is 2.20. The van der Waals surface area contributed by atoms with Gasteiger partial charge in [-0.3, -0.25) is 9.59 Å². The number of nitrogens with zero attached hydrogens (tertiary/aromatic N) is 1. The number of nitrogens with two attached hydrogens (primary N) is 2. The van der Waals surface area contributed by atoms with Gasteiger partial charge < -0.3 is 21.3 Å². The van der Waals surface area contributed by atoms with Crippen molar-refractivity contribution in [2.75, 3.05) is 33.7 Å². The molecule has 6 heteroatoms. The van der Waals surface area contributed by atoms with Gasteiger partial charge in [-0.05, 0) is 47.9 Å². The number of quaternary nitrogens is 1. The van der Waals surface area contributed by atoms with Gasteiger partial charge in [0.25, 0.3) is 0 Å². The van der Waals surface area contributed by atoms with E-state index < -0.39 is 12.1 Å². The van der Waals surface area contributed by atoms with Crippen LogP contribution in [-0.4, -0.2) is 62.0 Å². The lowest BCUT2D eigenvalue weighted by Crippen LogP contribution is -2.49. The van der Waals surface area contributed by atoms with Gasteiger partial charge in [0.15, 0.2) is 5.78 Å². The molecule has 0 fully saturated rings. The van der Waals surface area contributed by atoms with Crippen LogP contribution in [-0.2, 0) is 22.4 Å². The van der Waals surface area contributed by atoms with Crippen molar-refractivity contribution in [2.24, 2.45) is 11.5 Å². The smallest absolute Gasteiger partial charge is 0.237 e.